The summed E-state index contributed by atoms with van der Waals surface area (Å²) in [6, 6.07) is 0. The summed E-state index contributed by atoms with van der Waals surface area (Å²) >= 11 is 0. The molecule has 0 radical (unpaired) electrons. The van der Waals surface area contributed by atoms with E-state index in [1.807, 2.05) is 13.8 Å². The second kappa shape index (κ2) is 34.6. The highest BCUT2D eigenvalue weighted by Gasteiger charge is 2.09. The number of ether oxygens (including phenoxy) is 4. The minimum Gasteiger partial charge on any atom is -0.395 e. The quantitative estimate of drug-likeness (QED) is 0.0574. The molecule has 0 aromatic carbocycles. The van der Waals surface area contributed by atoms with E-state index >= 15 is 0 Å². The number of hydrogen-bond donors (Lipinski definition) is 2. The summed E-state index contributed by atoms with van der Waals surface area (Å²) in [6.45, 7) is 17.1. The number of aliphatic hydroxyl groups is 2. The lowest BCUT2D eigenvalue weighted by atomic mass is 10.1. The van der Waals surface area contributed by atoms with E-state index in [4.69, 9.17) is 18.9 Å². The van der Waals surface area contributed by atoms with Crippen LogP contribution in [0.25, 0.3) is 0 Å². The SMILES string of the molecule is CCCCCCCCOC(C)OCCCCN(CCCCOC(C)OCCCCCCCC)CCCN(CCO)CCO. The van der Waals surface area contributed by atoms with Crippen LogP contribution in [0.2, 0.25) is 0 Å². The van der Waals surface area contributed by atoms with Crippen LogP contribution in [-0.2, 0) is 18.9 Å². The zero-order chi connectivity index (χ0) is 31.6. The summed E-state index contributed by atoms with van der Waals surface area (Å²) in [5, 5.41) is 18.6. The van der Waals surface area contributed by atoms with Crippen LogP contribution in [0.15, 0.2) is 0 Å². The van der Waals surface area contributed by atoms with Gasteiger partial charge in [-0.2, -0.15) is 0 Å². The average molecular weight is 619 g/mol. The van der Waals surface area contributed by atoms with Crippen molar-refractivity contribution in [1.29, 1.82) is 0 Å². The van der Waals surface area contributed by atoms with E-state index in [1.54, 1.807) is 0 Å². The lowest BCUT2D eigenvalue weighted by Gasteiger charge is -2.25. The fourth-order valence-corrected chi connectivity index (χ4v) is 5.20. The van der Waals surface area contributed by atoms with Crippen molar-refractivity contribution in [3.05, 3.63) is 0 Å². The fraction of sp³-hybridized carbons (Fsp3) is 1.00. The predicted molar refractivity (Wildman–Crippen MR) is 180 cm³/mol. The summed E-state index contributed by atoms with van der Waals surface area (Å²) in [5.74, 6) is 0. The maximum absolute atomic E-state index is 9.31. The molecule has 0 aliphatic heterocycles. The van der Waals surface area contributed by atoms with Crippen LogP contribution < -0.4 is 0 Å². The van der Waals surface area contributed by atoms with E-state index < -0.39 is 0 Å². The van der Waals surface area contributed by atoms with Gasteiger partial charge in [0.15, 0.2) is 12.6 Å². The molecule has 0 aliphatic rings. The number of rotatable bonds is 36. The first kappa shape index (κ1) is 42.7. The van der Waals surface area contributed by atoms with Gasteiger partial charge in [-0.1, -0.05) is 78.1 Å². The molecular formula is C35H74N2O6. The molecule has 0 amide bonds. The largest absolute Gasteiger partial charge is 0.395 e. The lowest BCUT2D eigenvalue weighted by molar-refractivity contribution is -0.131. The van der Waals surface area contributed by atoms with Gasteiger partial charge in [0.1, 0.15) is 0 Å². The first-order valence-electron chi connectivity index (χ1n) is 18.2. The molecule has 0 fully saturated rings. The van der Waals surface area contributed by atoms with Gasteiger partial charge < -0.3 is 34.1 Å². The molecule has 260 valence electrons. The van der Waals surface area contributed by atoms with E-state index in [9.17, 15) is 10.2 Å². The fourth-order valence-electron chi connectivity index (χ4n) is 5.20. The lowest BCUT2D eigenvalue weighted by Crippen LogP contribution is -2.34. The van der Waals surface area contributed by atoms with E-state index in [0.717, 1.165) is 97.6 Å². The van der Waals surface area contributed by atoms with Crippen LogP contribution in [0.3, 0.4) is 0 Å². The average Bonchev–Trinajstić information content (AvgIpc) is 2.99. The van der Waals surface area contributed by atoms with Gasteiger partial charge in [-0.05, 0) is 85.0 Å². The van der Waals surface area contributed by atoms with E-state index in [-0.39, 0.29) is 25.8 Å². The van der Waals surface area contributed by atoms with Crippen molar-refractivity contribution >= 4 is 0 Å². The molecule has 0 aliphatic carbocycles. The summed E-state index contributed by atoms with van der Waals surface area (Å²) in [6.07, 6.45) is 20.3. The molecule has 0 saturated heterocycles. The minimum atomic E-state index is -0.132. The number of nitrogens with zero attached hydrogens (tertiary/aromatic N) is 2. The maximum atomic E-state index is 9.31. The van der Waals surface area contributed by atoms with E-state index in [1.165, 1.54) is 64.2 Å². The second-order valence-electron chi connectivity index (χ2n) is 12.1. The van der Waals surface area contributed by atoms with Crippen molar-refractivity contribution in [1.82, 2.24) is 9.80 Å². The minimum absolute atomic E-state index is 0.131. The summed E-state index contributed by atoms with van der Waals surface area (Å²) < 4.78 is 23.5. The van der Waals surface area contributed by atoms with Gasteiger partial charge in [0.05, 0.1) is 13.2 Å². The topological polar surface area (TPSA) is 83.9 Å². The second-order valence-corrected chi connectivity index (χ2v) is 12.1. The molecule has 0 saturated carbocycles. The first-order valence-corrected chi connectivity index (χ1v) is 18.2. The Balaban J connectivity index is 4.18. The highest BCUT2D eigenvalue weighted by Crippen LogP contribution is 2.09. The number of unbranched alkanes of at least 4 members (excludes halogenated alkanes) is 12. The van der Waals surface area contributed by atoms with Gasteiger partial charge in [0.2, 0.25) is 0 Å². The highest BCUT2D eigenvalue weighted by atomic mass is 16.7. The first-order chi connectivity index (χ1) is 21.1. The molecule has 43 heavy (non-hydrogen) atoms. The molecule has 2 unspecified atom stereocenters. The van der Waals surface area contributed by atoms with Gasteiger partial charge in [-0.3, -0.25) is 4.90 Å². The van der Waals surface area contributed by atoms with Crippen LogP contribution in [0.5, 0.6) is 0 Å². The van der Waals surface area contributed by atoms with E-state index in [2.05, 4.69) is 23.6 Å². The summed E-state index contributed by atoms with van der Waals surface area (Å²) in [7, 11) is 0. The highest BCUT2D eigenvalue weighted by molar-refractivity contribution is 4.63. The Morgan fingerprint density at radius 3 is 1.07 bits per heavy atom. The third-order valence-electron chi connectivity index (χ3n) is 7.92. The number of hydrogen-bond acceptors (Lipinski definition) is 8. The monoisotopic (exact) mass is 619 g/mol. The van der Waals surface area contributed by atoms with Crippen LogP contribution in [-0.4, -0.2) is 112 Å². The zero-order valence-corrected chi connectivity index (χ0v) is 29.1. The zero-order valence-electron chi connectivity index (χ0n) is 29.1. The molecule has 0 rings (SSSR count). The third-order valence-corrected chi connectivity index (χ3v) is 7.92. The molecule has 0 aromatic rings. The van der Waals surface area contributed by atoms with Gasteiger partial charge in [0, 0.05) is 39.5 Å². The van der Waals surface area contributed by atoms with Crippen molar-refractivity contribution in [2.75, 3.05) is 78.9 Å². The molecule has 0 heterocycles. The Kier molecular flexibility index (Phi) is 34.3. The van der Waals surface area contributed by atoms with Crippen LogP contribution in [0.1, 0.15) is 137 Å². The van der Waals surface area contributed by atoms with Crippen molar-refractivity contribution < 1.29 is 29.2 Å². The smallest absolute Gasteiger partial charge is 0.154 e. The van der Waals surface area contributed by atoms with Crippen LogP contribution >= 0.6 is 0 Å². The van der Waals surface area contributed by atoms with E-state index in [0.29, 0.717) is 13.1 Å². The Labute approximate surface area is 267 Å². The Bertz CT molecular complexity index is 491. The van der Waals surface area contributed by atoms with Crippen molar-refractivity contribution in [3.8, 4) is 0 Å². The Hall–Kier alpha value is -0.320. The molecular weight excluding hydrogens is 544 g/mol. The van der Waals surface area contributed by atoms with Crippen molar-refractivity contribution in [3.63, 3.8) is 0 Å². The Morgan fingerprint density at radius 1 is 0.395 bits per heavy atom. The predicted octanol–water partition coefficient (Wildman–Crippen LogP) is 7.00. The Morgan fingerprint density at radius 2 is 0.698 bits per heavy atom. The van der Waals surface area contributed by atoms with Gasteiger partial charge in [0.25, 0.3) is 0 Å². The van der Waals surface area contributed by atoms with Gasteiger partial charge in [-0.15, -0.1) is 0 Å². The third kappa shape index (κ3) is 31.4. The molecule has 8 heteroatoms. The van der Waals surface area contributed by atoms with Gasteiger partial charge in [-0.25, -0.2) is 0 Å². The molecule has 2 atom stereocenters. The maximum Gasteiger partial charge on any atom is 0.154 e. The molecule has 8 nitrogen and oxygen atoms in total. The standard InChI is InChI=1S/C35H74N2O6/c1-5-7-9-11-13-17-30-40-34(3)42-32-19-15-22-36(24-21-25-37(26-28-38)27-29-39)23-16-20-33-43-35(4)41-31-18-14-12-10-8-6-2/h34-35,38-39H,5-33H2,1-4H3. The molecule has 2 N–H and O–H groups in total. The summed E-state index contributed by atoms with van der Waals surface area (Å²) in [4.78, 5) is 4.69. The van der Waals surface area contributed by atoms with Crippen molar-refractivity contribution in [2.24, 2.45) is 0 Å². The molecule has 0 aromatic heterocycles. The van der Waals surface area contributed by atoms with Gasteiger partial charge >= 0.3 is 0 Å². The molecule has 0 bridgehead atoms. The van der Waals surface area contributed by atoms with Crippen LogP contribution in [0, 0.1) is 0 Å². The number of aliphatic hydroxyl groups excluding tert-OH is 2. The molecule has 0 spiro atoms. The van der Waals surface area contributed by atoms with Crippen LogP contribution in [0.4, 0.5) is 0 Å². The summed E-state index contributed by atoms with van der Waals surface area (Å²) in [5.41, 5.74) is 0. The van der Waals surface area contributed by atoms with Crippen molar-refractivity contribution in [2.45, 2.75) is 149 Å². The normalized spacial score (nSPS) is 13.4.